The van der Waals surface area contributed by atoms with E-state index >= 15 is 0 Å². The van der Waals surface area contributed by atoms with Gasteiger partial charge in [-0.05, 0) is 42.1 Å². The lowest BCUT2D eigenvalue weighted by molar-refractivity contribution is -0.116. The fourth-order valence-electron chi connectivity index (χ4n) is 2.92. The number of nitrogens with one attached hydrogen (secondary N) is 1. The zero-order valence-electron chi connectivity index (χ0n) is 15.4. The minimum absolute atomic E-state index is 0.145. The van der Waals surface area contributed by atoms with Gasteiger partial charge in [0.25, 0.3) is 0 Å². The Morgan fingerprint density at radius 3 is 2.43 bits per heavy atom. The number of fused-ring (bicyclic) bond motifs is 1. The Hall–Kier alpha value is -2.41. The lowest BCUT2D eigenvalue weighted by atomic mass is 10.1. The summed E-state index contributed by atoms with van der Waals surface area (Å²) in [6.07, 6.45) is 0.642. The normalized spacial score (nSPS) is 11.7. The molecule has 0 aromatic heterocycles. The van der Waals surface area contributed by atoms with E-state index in [2.05, 4.69) is 5.32 Å². The Balaban J connectivity index is 1.57. The molecular weight excluding hydrogens is 396 g/mol. The third kappa shape index (κ3) is 4.70. The number of hydrogen-bond donors (Lipinski definition) is 1. The molecule has 0 aliphatic heterocycles. The molecule has 0 aliphatic carbocycles. The molecule has 3 aromatic rings. The zero-order chi connectivity index (χ0) is 20.1. The highest BCUT2D eigenvalue weighted by atomic mass is 35.5. The number of sulfonamides is 1. The van der Waals surface area contributed by atoms with E-state index in [1.807, 2.05) is 42.5 Å². The molecule has 28 heavy (non-hydrogen) atoms. The maximum Gasteiger partial charge on any atom is 0.242 e. The minimum Gasteiger partial charge on any atom is -0.326 e. The maximum atomic E-state index is 12.5. The van der Waals surface area contributed by atoms with Crippen molar-refractivity contribution in [3.63, 3.8) is 0 Å². The van der Waals surface area contributed by atoms with Gasteiger partial charge in [0, 0.05) is 36.1 Å². The van der Waals surface area contributed by atoms with Crippen molar-refractivity contribution in [2.45, 2.75) is 17.7 Å². The van der Waals surface area contributed by atoms with Gasteiger partial charge in [-0.2, -0.15) is 0 Å². The number of amides is 1. The molecule has 1 N–H and O–H groups in total. The molecule has 0 spiro atoms. The number of carbonyl (C=O) groups excluding carboxylic acids is 1. The first-order chi connectivity index (χ1) is 13.4. The molecule has 3 aromatic carbocycles. The van der Waals surface area contributed by atoms with E-state index in [9.17, 15) is 13.2 Å². The quantitative estimate of drug-likeness (QED) is 0.615. The Labute approximate surface area is 170 Å². The highest BCUT2D eigenvalue weighted by Crippen LogP contribution is 2.23. The van der Waals surface area contributed by atoms with E-state index in [0.717, 1.165) is 16.5 Å². The van der Waals surface area contributed by atoms with E-state index in [4.69, 9.17) is 11.6 Å². The van der Waals surface area contributed by atoms with E-state index in [0.29, 0.717) is 11.4 Å². The van der Waals surface area contributed by atoms with E-state index in [1.54, 1.807) is 12.1 Å². The average molecular weight is 417 g/mol. The second-order valence-corrected chi connectivity index (χ2v) is 8.94. The molecule has 7 heteroatoms. The van der Waals surface area contributed by atoms with Crippen molar-refractivity contribution < 1.29 is 13.2 Å². The van der Waals surface area contributed by atoms with Gasteiger partial charge in [-0.3, -0.25) is 4.79 Å². The van der Waals surface area contributed by atoms with Crippen LogP contribution >= 0.6 is 11.6 Å². The molecule has 0 fully saturated rings. The number of anilines is 1. The number of halogens is 1. The van der Waals surface area contributed by atoms with Crippen molar-refractivity contribution in [2.24, 2.45) is 0 Å². The zero-order valence-corrected chi connectivity index (χ0v) is 17.0. The van der Waals surface area contributed by atoms with Crippen LogP contribution in [-0.4, -0.2) is 32.2 Å². The molecule has 3 rings (SSSR count). The third-order valence-electron chi connectivity index (χ3n) is 4.46. The Kier molecular flexibility index (Phi) is 6.34. The van der Waals surface area contributed by atoms with E-state index < -0.39 is 10.0 Å². The first kappa shape index (κ1) is 20.3. The van der Waals surface area contributed by atoms with Gasteiger partial charge < -0.3 is 5.32 Å². The van der Waals surface area contributed by atoms with Crippen LogP contribution in [0.15, 0.2) is 71.6 Å². The van der Waals surface area contributed by atoms with Crippen molar-refractivity contribution >= 4 is 44.0 Å². The number of nitrogens with zero attached hydrogens (tertiary/aromatic N) is 1. The molecule has 0 saturated carbocycles. The molecule has 146 valence electrons. The van der Waals surface area contributed by atoms with Crippen molar-refractivity contribution in [1.82, 2.24) is 4.31 Å². The summed E-state index contributed by atoms with van der Waals surface area (Å²) in [5.41, 5.74) is 0.755. The van der Waals surface area contributed by atoms with Crippen LogP contribution in [0, 0.1) is 0 Å². The fourth-order valence-corrected chi connectivity index (χ4v) is 4.25. The van der Waals surface area contributed by atoms with Crippen LogP contribution in [0.1, 0.15) is 12.8 Å². The minimum atomic E-state index is -3.60. The van der Waals surface area contributed by atoms with Crippen LogP contribution in [-0.2, 0) is 14.8 Å². The molecule has 1 amide bonds. The second-order valence-electron chi connectivity index (χ2n) is 6.46. The van der Waals surface area contributed by atoms with Gasteiger partial charge >= 0.3 is 0 Å². The largest absolute Gasteiger partial charge is 0.326 e. The standard InChI is InChI=1S/C21H21ClN2O3S/c1-24(28(26,27)18-13-11-17(22)12-14-18)15-5-10-21(25)23-20-9-4-7-16-6-2-3-8-19(16)20/h2-4,6-9,11-14H,5,10,15H2,1H3,(H,23,25). The first-order valence-corrected chi connectivity index (χ1v) is 10.7. The molecule has 0 saturated heterocycles. The average Bonchev–Trinajstić information content (AvgIpc) is 2.68. The van der Waals surface area contributed by atoms with Crippen molar-refractivity contribution in [3.8, 4) is 0 Å². The van der Waals surface area contributed by atoms with Crippen molar-refractivity contribution in [1.29, 1.82) is 0 Å². The number of benzene rings is 3. The van der Waals surface area contributed by atoms with Crippen LogP contribution in [0.2, 0.25) is 5.02 Å². The highest BCUT2D eigenvalue weighted by Gasteiger charge is 2.20. The smallest absolute Gasteiger partial charge is 0.242 e. The van der Waals surface area contributed by atoms with Crippen molar-refractivity contribution in [3.05, 3.63) is 71.8 Å². The van der Waals surface area contributed by atoms with Crippen LogP contribution in [0.4, 0.5) is 5.69 Å². The highest BCUT2D eigenvalue weighted by molar-refractivity contribution is 7.89. The van der Waals surface area contributed by atoms with Gasteiger partial charge in [-0.1, -0.05) is 48.0 Å². The predicted molar refractivity (Wildman–Crippen MR) is 113 cm³/mol. The van der Waals surface area contributed by atoms with Crippen LogP contribution in [0.3, 0.4) is 0 Å². The topological polar surface area (TPSA) is 66.5 Å². The summed E-state index contributed by atoms with van der Waals surface area (Å²) in [6, 6.07) is 19.6. The lowest BCUT2D eigenvalue weighted by Gasteiger charge is -2.17. The van der Waals surface area contributed by atoms with E-state index in [1.165, 1.54) is 23.5 Å². The van der Waals surface area contributed by atoms with Crippen molar-refractivity contribution in [2.75, 3.05) is 18.9 Å². The van der Waals surface area contributed by atoms with Crippen LogP contribution < -0.4 is 5.32 Å². The van der Waals surface area contributed by atoms with Crippen LogP contribution in [0.5, 0.6) is 0 Å². The number of rotatable bonds is 7. The molecule has 0 radical (unpaired) electrons. The molecule has 0 aliphatic rings. The molecule has 0 bridgehead atoms. The SMILES string of the molecule is CN(CCCC(=O)Nc1cccc2ccccc12)S(=O)(=O)c1ccc(Cl)cc1. The summed E-state index contributed by atoms with van der Waals surface area (Å²) in [7, 11) is -2.09. The Morgan fingerprint density at radius 2 is 1.68 bits per heavy atom. The van der Waals surface area contributed by atoms with Gasteiger partial charge in [-0.25, -0.2) is 12.7 Å². The summed E-state index contributed by atoms with van der Waals surface area (Å²) in [4.78, 5) is 12.5. The van der Waals surface area contributed by atoms with Gasteiger partial charge in [0.05, 0.1) is 4.90 Å². The summed E-state index contributed by atoms with van der Waals surface area (Å²) in [5, 5.41) is 5.42. The van der Waals surface area contributed by atoms with Gasteiger partial charge in [0.1, 0.15) is 0 Å². The monoisotopic (exact) mass is 416 g/mol. The molecular formula is C21H21ClN2O3S. The summed E-state index contributed by atoms with van der Waals surface area (Å²) in [6.45, 7) is 0.244. The Bertz CT molecular complexity index is 1080. The predicted octanol–water partition coefficient (Wildman–Crippen LogP) is 4.53. The molecule has 0 heterocycles. The number of carbonyl (C=O) groups is 1. The number of hydrogen-bond acceptors (Lipinski definition) is 3. The maximum absolute atomic E-state index is 12.5. The lowest BCUT2D eigenvalue weighted by Crippen LogP contribution is -2.28. The third-order valence-corrected chi connectivity index (χ3v) is 6.59. The molecule has 0 atom stereocenters. The summed E-state index contributed by atoms with van der Waals surface area (Å²) < 4.78 is 26.3. The second kappa shape index (κ2) is 8.73. The van der Waals surface area contributed by atoms with Crippen LogP contribution in [0.25, 0.3) is 10.8 Å². The van der Waals surface area contributed by atoms with Gasteiger partial charge in [0.15, 0.2) is 0 Å². The van der Waals surface area contributed by atoms with Gasteiger partial charge in [0.2, 0.25) is 15.9 Å². The van der Waals surface area contributed by atoms with Gasteiger partial charge in [-0.15, -0.1) is 0 Å². The fraction of sp³-hybridized carbons (Fsp3) is 0.190. The summed E-state index contributed by atoms with van der Waals surface area (Å²) in [5.74, 6) is -0.145. The molecule has 5 nitrogen and oxygen atoms in total. The Morgan fingerprint density at radius 1 is 1.00 bits per heavy atom. The van der Waals surface area contributed by atoms with E-state index in [-0.39, 0.29) is 23.8 Å². The molecule has 0 unspecified atom stereocenters. The first-order valence-electron chi connectivity index (χ1n) is 8.87. The summed E-state index contributed by atoms with van der Waals surface area (Å²) >= 11 is 5.81.